The van der Waals surface area contributed by atoms with Gasteiger partial charge in [-0.15, -0.1) is 0 Å². The number of amides is 1. The molecule has 0 fully saturated rings. The van der Waals surface area contributed by atoms with Gasteiger partial charge in [0, 0.05) is 25.4 Å². The Balaban J connectivity index is 2.89. The maximum Gasteiger partial charge on any atom is 0.226 e. The first-order valence-electron chi connectivity index (χ1n) is 4.75. The highest BCUT2D eigenvalue weighted by Gasteiger charge is 2.11. The van der Waals surface area contributed by atoms with Gasteiger partial charge in [0.2, 0.25) is 11.8 Å². The van der Waals surface area contributed by atoms with Gasteiger partial charge >= 0.3 is 0 Å². The van der Waals surface area contributed by atoms with Crippen molar-refractivity contribution in [1.82, 2.24) is 9.88 Å². The summed E-state index contributed by atoms with van der Waals surface area (Å²) in [6, 6.07) is 3.75. The van der Waals surface area contributed by atoms with Crippen molar-refractivity contribution in [2.45, 2.75) is 13.3 Å². The number of rotatable bonds is 3. The van der Waals surface area contributed by atoms with Crippen LogP contribution in [0.2, 0.25) is 0 Å². The Morgan fingerprint density at radius 1 is 1.47 bits per heavy atom. The first-order chi connectivity index (χ1) is 7.04. The number of hydrogen-bond donors (Lipinski definition) is 0. The lowest BCUT2D eigenvalue weighted by Gasteiger charge is -2.12. The smallest absolute Gasteiger partial charge is 0.226 e. The van der Waals surface area contributed by atoms with Gasteiger partial charge in [0.15, 0.2) is 0 Å². The molecule has 4 heteroatoms. The third-order valence-corrected chi connectivity index (χ3v) is 2.11. The molecule has 0 atom stereocenters. The Morgan fingerprint density at radius 2 is 2.13 bits per heavy atom. The molecule has 4 nitrogen and oxygen atoms in total. The number of hydrogen-bond acceptors (Lipinski definition) is 3. The summed E-state index contributed by atoms with van der Waals surface area (Å²) in [6.07, 6.45) is 0.323. The van der Waals surface area contributed by atoms with E-state index in [2.05, 4.69) is 4.98 Å². The van der Waals surface area contributed by atoms with E-state index in [0.717, 1.165) is 11.3 Å². The molecule has 0 radical (unpaired) electrons. The fraction of sp³-hybridized carbons (Fsp3) is 0.455. The van der Waals surface area contributed by atoms with Gasteiger partial charge in [0.1, 0.15) is 0 Å². The van der Waals surface area contributed by atoms with Gasteiger partial charge in [0.25, 0.3) is 0 Å². The minimum Gasteiger partial charge on any atom is -0.481 e. The van der Waals surface area contributed by atoms with Gasteiger partial charge in [-0.05, 0) is 13.0 Å². The lowest BCUT2D eigenvalue weighted by atomic mass is 10.1. The quantitative estimate of drug-likeness (QED) is 0.745. The molecule has 0 spiro atoms. The van der Waals surface area contributed by atoms with Crippen molar-refractivity contribution in [3.8, 4) is 5.88 Å². The Bertz CT molecular complexity index is 362. The zero-order chi connectivity index (χ0) is 11.4. The molecule has 0 aliphatic heterocycles. The summed E-state index contributed by atoms with van der Waals surface area (Å²) >= 11 is 0. The van der Waals surface area contributed by atoms with Crippen LogP contribution >= 0.6 is 0 Å². The van der Waals surface area contributed by atoms with E-state index in [1.807, 2.05) is 19.1 Å². The van der Waals surface area contributed by atoms with Crippen LogP contribution in [0.1, 0.15) is 11.3 Å². The lowest BCUT2D eigenvalue weighted by molar-refractivity contribution is -0.127. The lowest BCUT2D eigenvalue weighted by Crippen LogP contribution is -2.23. The van der Waals surface area contributed by atoms with E-state index in [1.54, 1.807) is 26.1 Å². The van der Waals surface area contributed by atoms with Gasteiger partial charge in [-0.25, -0.2) is 4.98 Å². The maximum atomic E-state index is 11.5. The Morgan fingerprint density at radius 3 is 2.67 bits per heavy atom. The Labute approximate surface area is 89.9 Å². The minimum absolute atomic E-state index is 0.0407. The van der Waals surface area contributed by atoms with Gasteiger partial charge < -0.3 is 9.64 Å². The standard InChI is InChI=1S/C11H16N2O2/c1-8-5-6-9(11(12-8)15-4)7-10(14)13(2)3/h5-6H,7H2,1-4H3. The van der Waals surface area contributed by atoms with Crippen molar-refractivity contribution in [1.29, 1.82) is 0 Å². The second-order valence-electron chi connectivity index (χ2n) is 3.59. The molecule has 0 N–H and O–H groups in total. The number of ether oxygens (including phenoxy) is 1. The molecule has 1 heterocycles. The first kappa shape index (κ1) is 11.5. The number of carbonyl (C=O) groups is 1. The number of likely N-dealkylation sites (N-methyl/N-ethyl adjacent to an activating group) is 1. The van der Waals surface area contributed by atoms with Gasteiger partial charge in [0.05, 0.1) is 13.5 Å². The minimum atomic E-state index is 0.0407. The highest BCUT2D eigenvalue weighted by molar-refractivity contribution is 5.78. The second-order valence-corrected chi connectivity index (χ2v) is 3.59. The van der Waals surface area contributed by atoms with Crippen LogP contribution in [0.25, 0.3) is 0 Å². The van der Waals surface area contributed by atoms with Crippen LogP contribution in [-0.2, 0) is 11.2 Å². The van der Waals surface area contributed by atoms with Crippen LogP contribution in [0.5, 0.6) is 5.88 Å². The highest BCUT2D eigenvalue weighted by atomic mass is 16.5. The summed E-state index contributed by atoms with van der Waals surface area (Å²) in [6.45, 7) is 1.89. The Kier molecular flexibility index (Phi) is 3.66. The van der Waals surface area contributed by atoms with Crippen LogP contribution in [0.15, 0.2) is 12.1 Å². The van der Waals surface area contributed by atoms with Crippen molar-refractivity contribution < 1.29 is 9.53 Å². The fourth-order valence-corrected chi connectivity index (χ4v) is 1.19. The van der Waals surface area contributed by atoms with Crippen molar-refractivity contribution in [3.05, 3.63) is 23.4 Å². The van der Waals surface area contributed by atoms with E-state index in [4.69, 9.17) is 4.74 Å². The molecule has 1 rings (SSSR count). The second kappa shape index (κ2) is 4.77. The molecule has 82 valence electrons. The number of methoxy groups -OCH3 is 1. The summed E-state index contributed by atoms with van der Waals surface area (Å²) in [7, 11) is 5.03. The van der Waals surface area contributed by atoms with Crippen molar-refractivity contribution in [2.24, 2.45) is 0 Å². The maximum absolute atomic E-state index is 11.5. The predicted molar refractivity (Wildman–Crippen MR) is 57.9 cm³/mol. The SMILES string of the molecule is COc1nc(C)ccc1CC(=O)N(C)C. The number of nitrogens with zero attached hydrogens (tertiary/aromatic N) is 2. The van der Waals surface area contributed by atoms with Crippen LogP contribution in [0.4, 0.5) is 0 Å². The summed E-state index contributed by atoms with van der Waals surface area (Å²) in [5.74, 6) is 0.573. The summed E-state index contributed by atoms with van der Waals surface area (Å²) in [5, 5.41) is 0. The molecule has 1 amide bonds. The van der Waals surface area contributed by atoms with E-state index >= 15 is 0 Å². The summed E-state index contributed by atoms with van der Waals surface area (Å²) in [4.78, 5) is 17.3. The van der Waals surface area contributed by atoms with Crippen LogP contribution in [0, 0.1) is 6.92 Å². The molecule has 1 aromatic rings. The molecule has 15 heavy (non-hydrogen) atoms. The van der Waals surface area contributed by atoms with E-state index < -0.39 is 0 Å². The molecule has 0 bridgehead atoms. The summed E-state index contributed by atoms with van der Waals surface area (Å²) in [5.41, 5.74) is 1.70. The highest BCUT2D eigenvalue weighted by Crippen LogP contribution is 2.16. The van der Waals surface area contributed by atoms with Gasteiger partial charge in [-0.2, -0.15) is 0 Å². The molecule has 1 aromatic heterocycles. The Hall–Kier alpha value is -1.58. The van der Waals surface area contributed by atoms with E-state index in [1.165, 1.54) is 0 Å². The number of aryl methyl sites for hydroxylation is 1. The van der Waals surface area contributed by atoms with E-state index in [9.17, 15) is 4.79 Å². The van der Waals surface area contributed by atoms with Gasteiger partial charge in [-0.1, -0.05) is 6.07 Å². The molecule has 0 aliphatic rings. The number of carbonyl (C=O) groups excluding carboxylic acids is 1. The number of pyridine rings is 1. The molecule has 0 aliphatic carbocycles. The molecule has 0 unspecified atom stereocenters. The van der Waals surface area contributed by atoms with Crippen molar-refractivity contribution in [2.75, 3.05) is 21.2 Å². The number of aromatic nitrogens is 1. The third-order valence-electron chi connectivity index (χ3n) is 2.11. The largest absolute Gasteiger partial charge is 0.481 e. The van der Waals surface area contributed by atoms with E-state index in [0.29, 0.717) is 12.3 Å². The van der Waals surface area contributed by atoms with Crippen LogP contribution < -0.4 is 4.74 Å². The van der Waals surface area contributed by atoms with Crippen molar-refractivity contribution >= 4 is 5.91 Å². The summed E-state index contributed by atoms with van der Waals surface area (Å²) < 4.78 is 5.12. The molecule has 0 saturated carbocycles. The van der Waals surface area contributed by atoms with Crippen LogP contribution in [-0.4, -0.2) is 37.0 Å². The average Bonchev–Trinajstić information content (AvgIpc) is 2.20. The third kappa shape index (κ3) is 2.94. The molecular weight excluding hydrogens is 192 g/mol. The molecule has 0 saturated heterocycles. The normalized spacial score (nSPS) is 9.87. The first-order valence-corrected chi connectivity index (χ1v) is 4.75. The van der Waals surface area contributed by atoms with Gasteiger partial charge in [-0.3, -0.25) is 4.79 Å². The average molecular weight is 208 g/mol. The topological polar surface area (TPSA) is 42.4 Å². The fourth-order valence-electron chi connectivity index (χ4n) is 1.19. The predicted octanol–water partition coefficient (Wildman–Crippen LogP) is 1.03. The zero-order valence-corrected chi connectivity index (χ0v) is 9.57. The molecule has 0 aromatic carbocycles. The van der Waals surface area contributed by atoms with Crippen LogP contribution in [0.3, 0.4) is 0 Å². The molecular formula is C11H16N2O2. The van der Waals surface area contributed by atoms with E-state index in [-0.39, 0.29) is 5.91 Å². The monoisotopic (exact) mass is 208 g/mol. The zero-order valence-electron chi connectivity index (χ0n) is 9.57. The van der Waals surface area contributed by atoms with Crippen molar-refractivity contribution in [3.63, 3.8) is 0 Å².